The zero-order valence-corrected chi connectivity index (χ0v) is 30.1. The van der Waals surface area contributed by atoms with Crippen molar-refractivity contribution in [2.24, 2.45) is 0 Å². The van der Waals surface area contributed by atoms with Crippen molar-refractivity contribution in [2.75, 3.05) is 9.80 Å². The van der Waals surface area contributed by atoms with Gasteiger partial charge in [-0.05, 0) is 98.4 Å². The summed E-state index contributed by atoms with van der Waals surface area (Å²) in [5.74, 6) is 1.78. The minimum Gasteiger partial charge on any atom is -0.453 e. The number of fused-ring (bicyclic) bond motifs is 8. The molecule has 0 aliphatic carbocycles. The van der Waals surface area contributed by atoms with Gasteiger partial charge in [-0.2, -0.15) is 0 Å². The third-order valence-electron chi connectivity index (χ3n) is 11.6. The van der Waals surface area contributed by atoms with E-state index in [-0.39, 0.29) is 5.41 Å². The molecule has 0 aromatic heterocycles. The normalized spacial score (nSPS) is 13.6. The molecule has 0 radical (unpaired) electrons. The number of anilines is 6. The Morgan fingerprint density at radius 1 is 0.444 bits per heavy atom. The lowest BCUT2D eigenvalue weighted by atomic mass is 9.72. The molecular formula is C51H36N2O. The molecule has 9 aromatic carbocycles. The minimum absolute atomic E-state index is 0.250. The van der Waals surface area contributed by atoms with E-state index in [1.165, 1.54) is 60.3 Å². The van der Waals surface area contributed by atoms with E-state index in [2.05, 4.69) is 206 Å². The van der Waals surface area contributed by atoms with Crippen LogP contribution in [0, 0.1) is 0 Å². The first kappa shape index (κ1) is 30.8. The van der Waals surface area contributed by atoms with Gasteiger partial charge < -0.3 is 14.5 Å². The summed E-state index contributed by atoms with van der Waals surface area (Å²) in [6.07, 6.45) is 0. The lowest BCUT2D eigenvalue weighted by molar-refractivity contribution is 0.472. The number of hydrogen-bond acceptors (Lipinski definition) is 3. The molecule has 0 atom stereocenters. The van der Waals surface area contributed by atoms with Gasteiger partial charge in [-0.15, -0.1) is 0 Å². The fraction of sp³-hybridized carbons (Fsp3) is 0.0588. The number of ether oxygens (including phenoxy) is 1. The van der Waals surface area contributed by atoms with Crippen LogP contribution in [0.25, 0.3) is 43.4 Å². The second-order valence-electron chi connectivity index (χ2n) is 15.0. The van der Waals surface area contributed by atoms with Crippen molar-refractivity contribution in [3.8, 4) is 22.6 Å². The topological polar surface area (TPSA) is 15.7 Å². The van der Waals surface area contributed by atoms with Crippen LogP contribution in [0.4, 0.5) is 34.1 Å². The molecule has 0 bridgehead atoms. The van der Waals surface area contributed by atoms with Crippen molar-refractivity contribution in [1.82, 2.24) is 0 Å². The Balaban J connectivity index is 1.05. The summed E-state index contributed by atoms with van der Waals surface area (Å²) in [5.41, 5.74) is 11.5. The molecule has 0 saturated heterocycles. The third kappa shape index (κ3) is 4.55. The third-order valence-corrected chi connectivity index (χ3v) is 11.6. The van der Waals surface area contributed by atoms with Crippen molar-refractivity contribution in [3.63, 3.8) is 0 Å². The van der Waals surface area contributed by atoms with Gasteiger partial charge in [0.2, 0.25) is 0 Å². The molecule has 9 aromatic rings. The number of benzene rings is 9. The van der Waals surface area contributed by atoms with Gasteiger partial charge in [-0.1, -0.05) is 141 Å². The smallest absolute Gasteiger partial charge is 0.152 e. The second kappa shape index (κ2) is 11.6. The van der Waals surface area contributed by atoms with Gasteiger partial charge in [0, 0.05) is 27.6 Å². The van der Waals surface area contributed by atoms with E-state index in [1.807, 2.05) is 0 Å². The predicted octanol–water partition coefficient (Wildman–Crippen LogP) is 14.5. The molecule has 256 valence electrons. The van der Waals surface area contributed by atoms with Crippen molar-refractivity contribution >= 4 is 66.4 Å². The van der Waals surface area contributed by atoms with E-state index in [4.69, 9.17) is 4.74 Å². The Hall–Kier alpha value is -6.84. The maximum absolute atomic E-state index is 6.63. The molecule has 0 saturated carbocycles. The monoisotopic (exact) mass is 692 g/mol. The SMILES string of the molecule is CC1(C)c2cc(-c3ccc(N(c4ccc5ccccc5c4)c4cccc5ccccc45)cc3)ccc2N2c3c(cccc31)Oc1ccc3ccccc3c12. The van der Waals surface area contributed by atoms with Crippen LogP contribution in [-0.4, -0.2) is 0 Å². The van der Waals surface area contributed by atoms with Gasteiger partial charge in [-0.25, -0.2) is 0 Å². The lowest BCUT2D eigenvalue weighted by Gasteiger charge is -2.45. The van der Waals surface area contributed by atoms with Gasteiger partial charge in [0.15, 0.2) is 11.5 Å². The summed E-state index contributed by atoms with van der Waals surface area (Å²) in [7, 11) is 0. The van der Waals surface area contributed by atoms with Gasteiger partial charge in [-0.3, -0.25) is 0 Å². The highest BCUT2D eigenvalue weighted by molar-refractivity contribution is 6.06. The van der Waals surface area contributed by atoms with Crippen LogP contribution in [0.3, 0.4) is 0 Å². The van der Waals surface area contributed by atoms with Crippen LogP contribution >= 0.6 is 0 Å². The zero-order valence-electron chi connectivity index (χ0n) is 30.1. The quantitative estimate of drug-likeness (QED) is 0.183. The summed E-state index contributed by atoms with van der Waals surface area (Å²) in [6, 6.07) is 66.0. The van der Waals surface area contributed by atoms with Gasteiger partial charge in [0.05, 0.1) is 22.7 Å². The standard InChI is InChI=1S/C51H36N2O/c1-51(2)43-18-10-20-47-50(43)53(49-42-17-8-6-13-36(42)25-30-48(49)54-47)46-29-24-38(32-44(46)51)34-21-26-39(27-22-34)52(40-28-23-33-11-3-4-14-37(33)31-40)45-19-9-15-35-12-5-7-16-41(35)45/h3-32H,1-2H3. The average molecular weight is 693 g/mol. The van der Waals surface area contributed by atoms with E-state index in [0.717, 1.165) is 39.9 Å². The predicted molar refractivity (Wildman–Crippen MR) is 226 cm³/mol. The molecule has 2 heterocycles. The van der Waals surface area contributed by atoms with Crippen LogP contribution in [-0.2, 0) is 5.41 Å². The molecule has 0 spiro atoms. The molecule has 11 rings (SSSR count). The highest BCUT2D eigenvalue weighted by Gasteiger charge is 2.42. The molecule has 54 heavy (non-hydrogen) atoms. The molecule has 0 fully saturated rings. The molecule has 2 aliphatic rings. The molecule has 0 unspecified atom stereocenters. The van der Waals surface area contributed by atoms with Crippen molar-refractivity contribution in [2.45, 2.75) is 19.3 Å². The van der Waals surface area contributed by atoms with Crippen LogP contribution in [0.2, 0.25) is 0 Å². The highest BCUT2D eigenvalue weighted by atomic mass is 16.5. The average Bonchev–Trinajstić information content (AvgIpc) is 3.22. The Kier molecular flexibility index (Phi) is 6.60. The fourth-order valence-corrected chi connectivity index (χ4v) is 8.86. The molecule has 2 aliphatic heterocycles. The second-order valence-corrected chi connectivity index (χ2v) is 15.0. The van der Waals surface area contributed by atoms with Crippen LogP contribution < -0.4 is 14.5 Å². The number of para-hydroxylation sites is 1. The largest absolute Gasteiger partial charge is 0.453 e. The first-order chi connectivity index (χ1) is 26.5. The number of hydrogen-bond donors (Lipinski definition) is 0. The summed E-state index contributed by atoms with van der Waals surface area (Å²) < 4.78 is 6.63. The Labute approximate surface area is 314 Å². The van der Waals surface area contributed by atoms with Crippen LogP contribution in [0.15, 0.2) is 182 Å². The summed E-state index contributed by atoms with van der Waals surface area (Å²) in [6.45, 7) is 4.69. The summed E-state index contributed by atoms with van der Waals surface area (Å²) >= 11 is 0. The first-order valence-electron chi connectivity index (χ1n) is 18.7. The molecule has 3 heteroatoms. The number of nitrogens with zero attached hydrogens (tertiary/aromatic N) is 2. The van der Waals surface area contributed by atoms with Crippen molar-refractivity contribution in [3.05, 3.63) is 193 Å². The lowest BCUT2D eigenvalue weighted by Crippen LogP contribution is -2.32. The van der Waals surface area contributed by atoms with Crippen LogP contribution in [0.5, 0.6) is 11.5 Å². The van der Waals surface area contributed by atoms with Crippen molar-refractivity contribution < 1.29 is 4.74 Å². The van der Waals surface area contributed by atoms with Gasteiger partial charge >= 0.3 is 0 Å². The zero-order chi connectivity index (χ0) is 36.0. The van der Waals surface area contributed by atoms with E-state index < -0.39 is 0 Å². The van der Waals surface area contributed by atoms with Gasteiger partial charge in [0.1, 0.15) is 0 Å². The molecule has 0 N–H and O–H groups in total. The minimum atomic E-state index is -0.250. The Morgan fingerprint density at radius 2 is 1.07 bits per heavy atom. The highest BCUT2D eigenvalue weighted by Crippen LogP contribution is 2.61. The summed E-state index contributed by atoms with van der Waals surface area (Å²) in [4.78, 5) is 4.84. The molecule has 3 nitrogen and oxygen atoms in total. The van der Waals surface area contributed by atoms with Gasteiger partial charge in [0.25, 0.3) is 0 Å². The maximum Gasteiger partial charge on any atom is 0.152 e. The van der Waals surface area contributed by atoms with E-state index in [1.54, 1.807) is 0 Å². The van der Waals surface area contributed by atoms with E-state index in [9.17, 15) is 0 Å². The molecule has 0 amide bonds. The fourth-order valence-electron chi connectivity index (χ4n) is 8.86. The van der Waals surface area contributed by atoms with Crippen LogP contribution in [0.1, 0.15) is 25.0 Å². The maximum atomic E-state index is 6.63. The summed E-state index contributed by atoms with van der Waals surface area (Å²) in [5, 5.41) is 7.28. The Morgan fingerprint density at radius 3 is 1.91 bits per heavy atom. The van der Waals surface area contributed by atoms with E-state index in [0.29, 0.717) is 0 Å². The van der Waals surface area contributed by atoms with Crippen molar-refractivity contribution in [1.29, 1.82) is 0 Å². The first-order valence-corrected chi connectivity index (χ1v) is 18.7. The Bertz CT molecular complexity index is 2960. The van der Waals surface area contributed by atoms with E-state index >= 15 is 0 Å². The molecular weight excluding hydrogens is 657 g/mol. The number of rotatable bonds is 4.